The minimum Gasteiger partial charge on any atom is -0.381 e. The van der Waals surface area contributed by atoms with Crippen molar-refractivity contribution in [2.45, 2.75) is 23.4 Å². The second-order valence-corrected chi connectivity index (χ2v) is 12.0. The topological polar surface area (TPSA) is 178 Å². The van der Waals surface area contributed by atoms with E-state index < -0.39 is 37.1 Å². The fourth-order valence-corrected chi connectivity index (χ4v) is 6.09. The van der Waals surface area contributed by atoms with Crippen LogP contribution in [0.3, 0.4) is 0 Å². The Kier molecular flexibility index (Phi) is 7.34. The van der Waals surface area contributed by atoms with Gasteiger partial charge in [-0.1, -0.05) is 12.1 Å². The summed E-state index contributed by atoms with van der Waals surface area (Å²) < 4.78 is 50.2. The molecule has 1 aliphatic heterocycles. The van der Waals surface area contributed by atoms with Crippen LogP contribution in [0.5, 0.6) is 0 Å². The van der Waals surface area contributed by atoms with Crippen LogP contribution in [0.25, 0.3) is 27.8 Å². The van der Waals surface area contributed by atoms with Gasteiger partial charge in [0.1, 0.15) is 22.5 Å². The van der Waals surface area contributed by atoms with Gasteiger partial charge in [0.2, 0.25) is 5.43 Å². The average Bonchev–Trinajstić information content (AvgIpc) is 3.47. The number of ether oxygens (including phenoxy) is 1. The Morgan fingerprint density at radius 1 is 1.14 bits per heavy atom. The number of sulfonamides is 1. The van der Waals surface area contributed by atoms with E-state index in [-0.39, 0.29) is 60.5 Å². The zero-order valence-corrected chi connectivity index (χ0v) is 23.8. The van der Waals surface area contributed by atoms with Gasteiger partial charge in [-0.2, -0.15) is 0 Å². The number of nitrogens with zero attached hydrogens (tertiary/aromatic N) is 3. The van der Waals surface area contributed by atoms with Gasteiger partial charge >= 0.3 is 0 Å². The van der Waals surface area contributed by atoms with Crippen molar-refractivity contribution >= 4 is 49.4 Å². The monoisotopic (exact) mass is 620 g/mol. The van der Waals surface area contributed by atoms with Gasteiger partial charge in [0.05, 0.1) is 26.6 Å². The van der Waals surface area contributed by atoms with Crippen LogP contribution in [0.2, 0.25) is 0 Å². The van der Waals surface area contributed by atoms with Crippen molar-refractivity contribution in [3.8, 4) is 5.69 Å². The number of carbonyl (C=O) groups is 1. The number of para-hydroxylation sites is 1. The molecule has 6 rings (SSSR count). The Labute approximate surface area is 248 Å². The van der Waals surface area contributed by atoms with Crippen molar-refractivity contribution in [1.29, 1.82) is 0 Å². The van der Waals surface area contributed by atoms with E-state index in [0.717, 1.165) is 23.6 Å². The number of amides is 1. The van der Waals surface area contributed by atoms with Gasteiger partial charge in [0.25, 0.3) is 21.6 Å². The number of aromatic nitrogens is 3. The molecule has 0 atom stereocenters. The molecule has 15 heteroatoms. The highest BCUT2D eigenvalue weighted by molar-refractivity contribution is 7.90. The Bertz CT molecular complexity index is 2100. The highest BCUT2D eigenvalue weighted by Gasteiger charge is 2.33. The molecule has 0 spiro atoms. The van der Waals surface area contributed by atoms with Gasteiger partial charge in [-0.25, -0.2) is 22.5 Å². The molecule has 5 aromatic rings. The third-order valence-electron chi connectivity index (χ3n) is 7.48. The predicted octanol–water partition coefficient (Wildman–Crippen LogP) is 3.82. The molecule has 1 amide bonds. The van der Waals surface area contributed by atoms with Crippen LogP contribution in [-0.2, 0) is 14.8 Å². The summed E-state index contributed by atoms with van der Waals surface area (Å²) in [6, 6.07) is 14.0. The number of H-pyrrole nitrogens is 1. The number of benzene rings is 2. The summed E-state index contributed by atoms with van der Waals surface area (Å²) in [6.45, 7) is 0.237. The zero-order valence-electron chi connectivity index (χ0n) is 22.9. The number of anilines is 1. The Balaban J connectivity index is 1.30. The first-order valence-electron chi connectivity index (χ1n) is 13.5. The van der Waals surface area contributed by atoms with E-state index in [0.29, 0.717) is 11.2 Å². The van der Waals surface area contributed by atoms with Crippen molar-refractivity contribution in [2.75, 3.05) is 25.1 Å². The summed E-state index contributed by atoms with van der Waals surface area (Å²) >= 11 is 0. The lowest BCUT2D eigenvalue weighted by Crippen LogP contribution is -2.38. The summed E-state index contributed by atoms with van der Waals surface area (Å²) in [4.78, 5) is 43.9. The number of alkyl halides is 1. The molecule has 0 aliphatic carbocycles. The molecule has 1 fully saturated rings. The van der Waals surface area contributed by atoms with E-state index in [1.807, 2.05) is 4.72 Å². The Morgan fingerprint density at radius 3 is 2.68 bits per heavy atom. The number of nitrogens with one attached hydrogen (secondary N) is 3. The molecule has 0 saturated carbocycles. The lowest BCUT2D eigenvalue weighted by Gasteiger charge is -2.29. The molecule has 1 aliphatic rings. The summed E-state index contributed by atoms with van der Waals surface area (Å²) in [7, 11) is -4.60. The van der Waals surface area contributed by atoms with Crippen LogP contribution in [0.1, 0.15) is 23.2 Å². The van der Waals surface area contributed by atoms with Crippen LogP contribution in [-0.4, -0.2) is 59.2 Å². The molecule has 4 heterocycles. The van der Waals surface area contributed by atoms with Crippen molar-refractivity contribution in [1.82, 2.24) is 19.3 Å². The SMILES string of the molecule is O=C(NS(=O)(=O)c1ccc(NCC2(F)CCOCC2)c([N+](=O)[O-])c1)c1ccccc1-n1ccc(=O)c2nc3[nH]ccc3cc21. The van der Waals surface area contributed by atoms with E-state index in [4.69, 9.17) is 4.74 Å². The summed E-state index contributed by atoms with van der Waals surface area (Å²) in [5, 5.41) is 15.2. The van der Waals surface area contributed by atoms with Gasteiger partial charge in [0, 0.05) is 62.5 Å². The molecule has 44 heavy (non-hydrogen) atoms. The highest BCUT2D eigenvalue weighted by Crippen LogP contribution is 2.31. The zero-order chi connectivity index (χ0) is 31.1. The first-order chi connectivity index (χ1) is 21.0. The number of carbonyl (C=O) groups excluding carboxylic acids is 1. The number of fused-ring (bicyclic) bond motifs is 2. The molecule has 3 N–H and O–H groups in total. The van der Waals surface area contributed by atoms with Gasteiger partial charge < -0.3 is 19.6 Å². The Hall–Kier alpha value is -5.15. The molecule has 0 unspecified atom stereocenters. The lowest BCUT2D eigenvalue weighted by molar-refractivity contribution is -0.384. The van der Waals surface area contributed by atoms with Crippen molar-refractivity contribution in [3.63, 3.8) is 0 Å². The normalized spacial score (nSPS) is 14.8. The van der Waals surface area contributed by atoms with E-state index in [1.165, 1.54) is 18.3 Å². The minimum atomic E-state index is -4.60. The summed E-state index contributed by atoms with van der Waals surface area (Å²) in [5.41, 5.74) is -1.38. The largest absolute Gasteiger partial charge is 0.381 e. The third kappa shape index (κ3) is 5.49. The van der Waals surface area contributed by atoms with Crippen LogP contribution < -0.4 is 15.5 Å². The number of rotatable bonds is 8. The molecular weight excluding hydrogens is 595 g/mol. The number of hydrogen-bond donors (Lipinski definition) is 3. The average molecular weight is 621 g/mol. The second kappa shape index (κ2) is 11.2. The minimum absolute atomic E-state index is 0.0484. The number of aromatic amines is 1. The first kappa shape index (κ1) is 28.9. The van der Waals surface area contributed by atoms with Gasteiger partial charge in [-0.3, -0.25) is 19.7 Å². The van der Waals surface area contributed by atoms with Crippen molar-refractivity contribution in [3.05, 3.63) is 99.0 Å². The quantitative estimate of drug-likeness (QED) is 0.172. The first-order valence-corrected chi connectivity index (χ1v) is 15.0. The molecule has 226 valence electrons. The number of hydrogen-bond acceptors (Lipinski definition) is 9. The molecule has 0 bridgehead atoms. The van der Waals surface area contributed by atoms with Gasteiger partial charge in [-0.05, 0) is 36.4 Å². The molecule has 2 aromatic carbocycles. The third-order valence-corrected chi connectivity index (χ3v) is 8.81. The van der Waals surface area contributed by atoms with E-state index in [2.05, 4.69) is 15.3 Å². The Morgan fingerprint density at radius 2 is 1.91 bits per heavy atom. The maximum atomic E-state index is 15.0. The van der Waals surface area contributed by atoms with E-state index >= 15 is 4.39 Å². The predicted molar refractivity (Wildman–Crippen MR) is 159 cm³/mol. The van der Waals surface area contributed by atoms with Crippen LogP contribution in [0.4, 0.5) is 15.8 Å². The number of pyridine rings is 2. The molecular formula is C29H25FN6O7S. The summed E-state index contributed by atoms with van der Waals surface area (Å²) in [6.07, 6.45) is 3.38. The van der Waals surface area contributed by atoms with Crippen LogP contribution in [0.15, 0.2) is 82.7 Å². The fraction of sp³-hybridized carbons (Fsp3) is 0.207. The summed E-state index contributed by atoms with van der Waals surface area (Å²) in [5.74, 6) is -1.01. The smallest absolute Gasteiger partial charge is 0.293 e. The second-order valence-electron chi connectivity index (χ2n) is 10.3. The van der Waals surface area contributed by atoms with Crippen LogP contribution in [0, 0.1) is 10.1 Å². The highest BCUT2D eigenvalue weighted by atomic mass is 32.2. The van der Waals surface area contributed by atoms with Crippen molar-refractivity contribution in [2.24, 2.45) is 0 Å². The van der Waals surface area contributed by atoms with Crippen LogP contribution >= 0.6 is 0 Å². The number of halogens is 1. The van der Waals surface area contributed by atoms with Crippen molar-refractivity contribution < 1.29 is 27.3 Å². The molecule has 1 saturated heterocycles. The number of nitro benzene ring substituents is 1. The standard InChI is InChI=1S/C29H25FN6O7S/c30-29(9-13-43-14-10-29)17-32-21-6-5-19(16-23(21)36(39)40)44(41,42)34-28(38)20-3-1-2-4-22(20)35-12-8-25(37)26-24(35)15-18-7-11-31-27(18)33-26/h1-8,11-12,15-16,32H,9-10,13-14,17H2,(H,31,33)(H,34,38). The molecule has 13 nitrogen and oxygen atoms in total. The lowest BCUT2D eigenvalue weighted by atomic mass is 9.96. The molecule has 0 radical (unpaired) electrons. The van der Waals surface area contributed by atoms with Gasteiger partial charge in [0.15, 0.2) is 0 Å². The fourth-order valence-electron chi connectivity index (χ4n) is 5.11. The number of nitro groups is 1. The maximum absolute atomic E-state index is 15.0. The molecule has 3 aromatic heterocycles. The van der Waals surface area contributed by atoms with E-state index in [1.54, 1.807) is 41.1 Å². The van der Waals surface area contributed by atoms with Gasteiger partial charge in [-0.15, -0.1) is 0 Å². The maximum Gasteiger partial charge on any atom is 0.293 e. The van der Waals surface area contributed by atoms with E-state index in [9.17, 15) is 28.1 Å².